The van der Waals surface area contributed by atoms with Crippen molar-refractivity contribution in [3.63, 3.8) is 0 Å². The van der Waals surface area contributed by atoms with Crippen molar-refractivity contribution in [2.24, 2.45) is 0 Å². The largest absolute Gasteiger partial charge is 0.479 e. The van der Waals surface area contributed by atoms with Gasteiger partial charge >= 0.3 is 5.97 Å². The number of hydrogen-bond donors (Lipinski definition) is 2. The van der Waals surface area contributed by atoms with Gasteiger partial charge in [0.2, 0.25) is 0 Å². The Labute approximate surface area is 93.3 Å². The number of aliphatic hydroxyl groups is 1. The first-order valence-corrected chi connectivity index (χ1v) is 4.23. The van der Waals surface area contributed by atoms with Crippen LogP contribution < -0.4 is 0 Å². The third kappa shape index (κ3) is 2.26. The lowest BCUT2D eigenvalue weighted by Gasteiger charge is -2.09. The van der Waals surface area contributed by atoms with Crippen molar-refractivity contribution in [2.75, 3.05) is 0 Å². The average Bonchev–Trinajstić information content (AvgIpc) is 2.26. The topological polar surface area (TPSA) is 118 Å². The Kier molecular flexibility index (Phi) is 3.49. The molecule has 0 spiro atoms. The van der Waals surface area contributed by atoms with Gasteiger partial charge in [-0.3, -0.25) is 14.9 Å². The van der Waals surface area contributed by atoms with Gasteiger partial charge in [0.15, 0.2) is 12.4 Å². The lowest BCUT2D eigenvalue weighted by molar-refractivity contribution is -0.385. The number of carbonyl (C=O) groups excluding carboxylic acids is 1. The third-order valence-electron chi connectivity index (χ3n) is 2.03. The number of aliphatic carboxylic acids is 1. The molecule has 1 rings (SSSR count). The van der Waals surface area contributed by atoms with Crippen LogP contribution in [0.1, 0.15) is 22.0 Å². The van der Waals surface area contributed by atoms with Crippen LogP contribution in [0.5, 0.6) is 0 Å². The fourth-order valence-corrected chi connectivity index (χ4v) is 1.28. The van der Waals surface area contributed by atoms with Crippen molar-refractivity contribution in [2.45, 2.75) is 6.10 Å². The lowest BCUT2D eigenvalue weighted by Crippen LogP contribution is -2.15. The Morgan fingerprint density at radius 3 is 2.53 bits per heavy atom. The van der Waals surface area contributed by atoms with Crippen LogP contribution >= 0.6 is 0 Å². The number of rotatable bonds is 4. The summed E-state index contributed by atoms with van der Waals surface area (Å²) < 4.78 is 13.3. The number of aldehydes is 1. The van der Waals surface area contributed by atoms with Gasteiger partial charge in [0.25, 0.3) is 5.69 Å². The van der Waals surface area contributed by atoms with Crippen LogP contribution in [0.15, 0.2) is 12.1 Å². The number of carboxylic acid groups (broad SMARTS) is 1. The standard InChI is InChI=1S/C9H6FNO6/c10-5-1-2-6(11(16)17)4(3-12)7(5)8(13)9(14)15/h1-3,8,13H,(H,14,15). The van der Waals surface area contributed by atoms with Gasteiger partial charge in [0.1, 0.15) is 11.4 Å². The summed E-state index contributed by atoms with van der Waals surface area (Å²) in [5.74, 6) is -3.01. The van der Waals surface area contributed by atoms with Crippen molar-refractivity contribution in [1.82, 2.24) is 0 Å². The minimum atomic E-state index is -2.34. The number of carbonyl (C=O) groups is 2. The Hall–Kier alpha value is -2.35. The van der Waals surface area contributed by atoms with E-state index < -0.39 is 39.6 Å². The molecule has 8 heteroatoms. The SMILES string of the molecule is O=Cc1c([N+](=O)[O-])ccc(F)c1C(O)C(=O)O. The number of nitro groups is 1. The molecule has 0 heterocycles. The first kappa shape index (κ1) is 12.7. The minimum absolute atomic E-state index is 0.0668. The second-order valence-corrected chi connectivity index (χ2v) is 3.01. The number of nitrogens with zero attached hydrogens (tertiary/aromatic N) is 1. The van der Waals surface area contributed by atoms with E-state index in [2.05, 4.69) is 0 Å². The number of aliphatic hydroxyl groups excluding tert-OH is 1. The smallest absolute Gasteiger partial charge is 0.337 e. The number of nitro benzene ring substituents is 1. The van der Waals surface area contributed by atoms with Gasteiger partial charge in [0, 0.05) is 11.6 Å². The zero-order valence-electron chi connectivity index (χ0n) is 8.16. The van der Waals surface area contributed by atoms with Gasteiger partial charge < -0.3 is 10.2 Å². The highest BCUT2D eigenvalue weighted by Crippen LogP contribution is 2.28. The van der Waals surface area contributed by atoms with Gasteiger partial charge in [-0.1, -0.05) is 0 Å². The molecule has 2 N–H and O–H groups in total. The van der Waals surface area contributed by atoms with E-state index >= 15 is 0 Å². The molecular weight excluding hydrogens is 237 g/mol. The summed E-state index contributed by atoms with van der Waals surface area (Å²) >= 11 is 0. The molecule has 0 saturated carbocycles. The van der Waals surface area contributed by atoms with Gasteiger partial charge in [-0.15, -0.1) is 0 Å². The van der Waals surface area contributed by atoms with Crippen molar-refractivity contribution in [3.8, 4) is 0 Å². The van der Waals surface area contributed by atoms with E-state index in [-0.39, 0.29) is 6.29 Å². The fourth-order valence-electron chi connectivity index (χ4n) is 1.28. The van der Waals surface area contributed by atoms with Crippen LogP contribution in [0.25, 0.3) is 0 Å². The molecule has 0 bridgehead atoms. The number of benzene rings is 1. The molecule has 0 saturated heterocycles. The molecular formula is C9H6FNO6. The van der Waals surface area contributed by atoms with Crippen LogP contribution in [-0.4, -0.2) is 27.4 Å². The molecule has 1 unspecified atom stereocenters. The molecule has 1 aromatic carbocycles. The van der Waals surface area contributed by atoms with E-state index in [0.29, 0.717) is 6.07 Å². The van der Waals surface area contributed by atoms with Crippen LogP contribution in [0.2, 0.25) is 0 Å². The molecule has 0 aliphatic carbocycles. The van der Waals surface area contributed by atoms with Crippen molar-refractivity contribution >= 4 is 17.9 Å². The summed E-state index contributed by atoms with van der Waals surface area (Å²) in [4.78, 5) is 30.7. The first-order chi connectivity index (χ1) is 7.90. The number of carboxylic acids is 1. The summed E-state index contributed by atoms with van der Waals surface area (Å²) in [6, 6.07) is 1.34. The molecule has 1 aromatic rings. The number of halogens is 1. The van der Waals surface area contributed by atoms with Crippen LogP contribution in [0.4, 0.5) is 10.1 Å². The van der Waals surface area contributed by atoms with E-state index in [4.69, 9.17) is 5.11 Å². The van der Waals surface area contributed by atoms with Crippen molar-refractivity contribution < 1.29 is 29.1 Å². The third-order valence-corrected chi connectivity index (χ3v) is 2.03. The minimum Gasteiger partial charge on any atom is -0.479 e. The van der Waals surface area contributed by atoms with Crippen LogP contribution in [0.3, 0.4) is 0 Å². The molecule has 7 nitrogen and oxygen atoms in total. The van der Waals surface area contributed by atoms with Crippen molar-refractivity contribution in [1.29, 1.82) is 0 Å². The molecule has 0 fully saturated rings. The normalized spacial score (nSPS) is 11.9. The lowest BCUT2D eigenvalue weighted by atomic mass is 10.0. The van der Waals surface area contributed by atoms with Crippen LogP contribution in [0, 0.1) is 15.9 Å². The highest BCUT2D eigenvalue weighted by Gasteiger charge is 2.29. The van der Waals surface area contributed by atoms with E-state index in [0.717, 1.165) is 6.07 Å². The zero-order valence-corrected chi connectivity index (χ0v) is 8.16. The predicted octanol–water partition coefficient (Wildman–Crippen LogP) is 0.664. The quantitative estimate of drug-likeness (QED) is 0.455. The van der Waals surface area contributed by atoms with Crippen LogP contribution in [-0.2, 0) is 4.79 Å². The summed E-state index contributed by atoms with van der Waals surface area (Å²) in [5.41, 5.74) is -2.47. The molecule has 0 radical (unpaired) electrons. The Balaban J connectivity index is 3.56. The zero-order chi connectivity index (χ0) is 13.2. The molecule has 0 aromatic heterocycles. The Morgan fingerprint density at radius 2 is 2.12 bits per heavy atom. The van der Waals surface area contributed by atoms with Crippen molar-refractivity contribution in [3.05, 3.63) is 39.2 Å². The fraction of sp³-hybridized carbons (Fsp3) is 0.111. The molecule has 90 valence electrons. The van der Waals surface area contributed by atoms with E-state index in [1.807, 2.05) is 0 Å². The maximum absolute atomic E-state index is 13.3. The first-order valence-electron chi connectivity index (χ1n) is 4.23. The van der Waals surface area contributed by atoms with E-state index in [1.165, 1.54) is 0 Å². The van der Waals surface area contributed by atoms with Gasteiger partial charge in [-0.05, 0) is 6.07 Å². The maximum Gasteiger partial charge on any atom is 0.337 e. The Bertz CT molecular complexity index is 501. The molecule has 0 aliphatic rings. The van der Waals surface area contributed by atoms with E-state index in [1.54, 1.807) is 0 Å². The van der Waals surface area contributed by atoms with Gasteiger partial charge in [-0.2, -0.15) is 0 Å². The average molecular weight is 243 g/mol. The highest BCUT2D eigenvalue weighted by atomic mass is 19.1. The van der Waals surface area contributed by atoms with E-state index in [9.17, 15) is 29.2 Å². The highest BCUT2D eigenvalue weighted by molar-refractivity contribution is 5.87. The molecule has 0 aliphatic heterocycles. The Morgan fingerprint density at radius 1 is 1.53 bits per heavy atom. The van der Waals surface area contributed by atoms with Gasteiger partial charge in [-0.25, -0.2) is 9.18 Å². The monoisotopic (exact) mass is 243 g/mol. The number of hydrogen-bond acceptors (Lipinski definition) is 5. The summed E-state index contributed by atoms with van der Waals surface area (Å²) in [6.45, 7) is 0. The summed E-state index contributed by atoms with van der Waals surface area (Å²) in [6.07, 6.45) is -2.40. The maximum atomic E-state index is 13.3. The second kappa shape index (κ2) is 4.66. The second-order valence-electron chi connectivity index (χ2n) is 3.01. The predicted molar refractivity (Wildman–Crippen MR) is 51.0 cm³/mol. The summed E-state index contributed by atoms with van der Waals surface area (Å²) in [5, 5.41) is 28.2. The molecule has 1 atom stereocenters. The summed E-state index contributed by atoms with van der Waals surface area (Å²) in [7, 11) is 0. The molecule has 17 heavy (non-hydrogen) atoms. The van der Waals surface area contributed by atoms with Gasteiger partial charge in [0.05, 0.1) is 4.92 Å². The molecule has 0 amide bonds.